The van der Waals surface area contributed by atoms with E-state index in [0.29, 0.717) is 27.5 Å². The third-order valence-corrected chi connectivity index (χ3v) is 6.54. The van der Waals surface area contributed by atoms with Gasteiger partial charge in [-0.05, 0) is 71.4 Å². The minimum atomic E-state index is -1.03. The van der Waals surface area contributed by atoms with E-state index in [1.165, 1.54) is 6.08 Å². The Balaban J connectivity index is 1.76. The van der Waals surface area contributed by atoms with Crippen molar-refractivity contribution < 1.29 is 14.3 Å². The van der Waals surface area contributed by atoms with Gasteiger partial charge in [0.05, 0.1) is 16.6 Å². The second-order valence-electron chi connectivity index (χ2n) is 8.31. The summed E-state index contributed by atoms with van der Waals surface area (Å²) in [6.45, 7) is 0. The summed E-state index contributed by atoms with van der Waals surface area (Å²) in [7, 11) is 0. The van der Waals surface area contributed by atoms with Crippen molar-refractivity contribution in [2.75, 3.05) is 0 Å². The highest BCUT2D eigenvalue weighted by Crippen LogP contribution is 2.46. The van der Waals surface area contributed by atoms with E-state index in [-0.39, 0.29) is 0 Å². The number of nitrogens with one attached hydrogen (secondary N) is 1. The molecule has 170 valence electrons. The molecule has 2 aromatic heterocycles. The number of nitrogens with zero attached hydrogens (tertiary/aromatic N) is 2. The van der Waals surface area contributed by atoms with Gasteiger partial charge in [0.25, 0.3) is 0 Å². The number of carboxylic acid groups (broad SMARTS) is 1. The zero-order valence-electron chi connectivity index (χ0n) is 18.1. The first-order valence-electron chi connectivity index (χ1n) is 11.0. The molecule has 5 rings (SSSR count). The number of carbonyl (C=O) groups is 1. The van der Waals surface area contributed by atoms with E-state index >= 15 is 0 Å². The van der Waals surface area contributed by atoms with E-state index in [2.05, 4.69) is 15.2 Å². The number of halogens is 2. The Morgan fingerprint density at radius 2 is 1.91 bits per heavy atom. The summed E-state index contributed by atoms with van der Waals surface area (Å²) in [6.07, 6.45) is 7.44. The number of fused-ring (bicyclic) bond motifs is 1. The van der Waals surface area contributed by atoms with Crippen molar-refractivity contribution in [3.05, 3.63) is 100 Å². The van der Waals surface area contributed by atoms with Crippen LogP contribution in [0.4, 0.5) is 4.39 Å². The minimum Gasteiger partial charge on any atom is -0.478 e. The lowest BCUT2D eigenvalue weighted by Crippen LogP contribution is -2.15. The van der Waals surface area contributed by atoms with E-state index < -0.39 is 11.9 Å². The highest BCUT2D eigenvalue weighted by atomic mass is 35.5. The maximum absolute atomic E-state index is 14.4. The lowest BCUT2D eigenvalue weighted by molar-refractivity contribution is -0.131. The van der Waals surface area contributed by atoms with Gasteiger partial charge in [-0.25, -0.2) is 4.79 Å². The van der Waals surface area contributed by atoms with Crippen molar-refractivity contribution in [1.29, 1.82) is 0 Å². The molecule has 2 N–H and O–H groups in total. The Hall–Kier alpha value is -3.77. The van der Waals surface area contributed by atoms with E-state index in [1.807, 2.05) is 36.4 Å². The molecule has 1 fully saturated rings. The first kappa shape index (κ1) is 22.0. The number of hydrogen-bond acceptors (Lipinski definition) is 3. The van der Waals surface area contributed by atoms with Crippen LogP contribution in [0.25, 0.3) is 28.1 Å². The fourth-order valence-electron chi connectivity index (χ4n) is 4.36. The normalized spacial score (nSPS) is 14.9. The molecule has 34 heavy (non-hydrogen) atoms. The van der Waals surface area contributed by atoms with Crippen molar-refractivity contribution in [2.24, 2.45) is 5.92 Å². The quantitative estimate of drug-likeness (QED) is 0.244. The SMILES string of the molecule is O=C(O)/C=C/c1ccc(/C(=C(\c2ccccc2Cl)C2CCC2)c2ccc3n[nH]c(F)c3c2)cn1. The van der Waals surface area contributed by atoms with Crippen LogP contribution in [-0.2, 0) is 4.79 Å². The maximum Gasteiger partial charge on any atom is 0.328 e. The predicted molar refractivity (Wildman–Crippen MR) is 132 cm³/mol. The Morgan fingerprint density at radius 1 is 1.12 bits per heavy atom. The average molecular weight is 474 g/mol. The van der Waals surface area contributed by atoms with Crippen LogP contribution in [-0.4, -0.2) is 26.3 Å². The molecule has 0 saturated heterocycles. The van der Waals surface area contributed by atoms with Gasteiger partial charge in [0.2, 0.25) is 5.95 Å². The van der Waals surface area contributed by atoms with Crippen molar-refractivity contribution in [3.8, 4) is 0 Å². The Bertz CT molecular complexity index is 1440. The third-order valence-electron chi connectivity index (χ3n) is 6.21. The fraction of sp³-hybridized carbons (Fsp3) is 0.148. The van der Waals surface area contributed by atoms with Crippen molar-refractivity contribution in [3.63, 3.8) is 0 Å². The number of carboxylic acids is 1. The summed E-state index contributed by atoms with van der Waals surface area (Å²) < 4.78 is 14.4. The van der Waals surface area contributed by atoms with E-state index in [0.717, 1.165) is 53.2 Å². The molecule has 0 bridgehead atoms. The molecule has 0 aliphatic heterocycles. The van der Waals surface area contributed by atoms with Crippen molar-refractivity contribution >= 4 is 45.7 Å². The van der Waals surface area contributed by atoms with Gasteiger partial charge in [-0.2, -0.15) is 9.49 Å². The molecule has 1 saturated carbocycles. The van der Waals surface area contributed by atoms with Crippen LogP contribution in [0, 0.1) is 11.9 Å². The number of allylic oxidation sites excluding steroid dienone is 1. The van der Waals surface area contributed by atoms with Crippen LogP contribution in [0.2, 0.25) is 5.02 Å². The van der Waals surface area contributed by atoms with Crippen molar-refractivity contribution in [2.45, 2.75) is 19.3 Å². The van der Waals surface area contributed by atoms with Crippen LogP contribution in [0.1, 0.15) is 41.6 Å². The van der Waals surface area contributed by atoms with Gasteiger partial charge in [-0.1, -0.05) is 48.4 Å². The molecule has 0 amide bonds. The first-order chi connectivity index (χ1) is 16.5. The molecule has 1 aliphatic carbocycles. The van der Waals surface area contributed by atoms with Gasteiger partial charge in [0.15, 0.2) is 0 Å². The lowest BCUT2D eigenvalue weighted by atomic mass is 9.73. The second kappa shape index (κ2) is 9.23. The van der Waals surface area contributed by atoms with Gasteiger partial charge in [-0.15, -0.1) is 0 Å². The summed E-state index contributed by atoms with van der Waals surface area (Å²) in [5, 5.41) is 16.4. The molecule has 0 radical (unpaired) electrons. The molecule has 0 unspecified atom stereocenters. The molecule has 0 atom stereocenters. The number of aromatic amines is 1. The van der Waals surface area contributed by atoms with Crippen molar-refractivity contribution in [1.82, 2.24) is 15.2 Å². The number of aliphatic carboxylic acids is 1. The van der Waals surface area contributed by atoms with Crippen LogP contribution in [0.5, 0.6) is 0 Å². The zero-order valence-corrected chi connectivity index (χ0v) is 18.9. The maximum atomic E-state index is 14.4. The molecule has 5 nitrogen and oxygen atoms in total. The predicted octanol–water partition coefficient (Wildman–Crippen LogP) is 6.61. The van der Waals surface area contributed by atoms with Gasteiger partial charge in [-0.3, -0.25) is 10.1 Å². The summed E-state index contributed by atoms with van der Waals surface area (Å²) in [5.41, 5.74) is 5.76. The second-order valence-corrected chi connectivity index (χ2v) is 8.72. The summed E-state index contributed by atoms with van der Waals surface area (Å²) >= 11 is 6.67. The minimum absolute atomic E-state index is 0.311. The number of aromatic nitrogens is 3. The molecule has 0 spiro atoms. The molecule has 4 aromatic rings. The van der Waals surface area contributed by atoms with E-state index in [9.17, 15) is 9.18 Å². The largest absolute Gasteiger partial charge is 0.478 e. The number of benzene rings is 2. The Labute approximate surface area is 200 Å². The molecular formula is C27H21ClFN3O2. The molecule has 7 heteroatoms. The van der Waals surface area contributed by atoms with Gasteiger partial charge >= 0.3 is 5.97 Å². The zero-order chi connectivity index (χ0) is 23.7. The van der Waals surface area contributed by atoms with Gasteiger partial charge < -0.3 is 5.11 Å². The first-order valence-corrected chi connectivity index (χ1v) is 11.4. The lowest BCUT2D eigenvalue weighted by Gasteiger charge is -2.32. The number of H-pyrrole nitrogens is 1. The molecular weight excluding hydrogens is 453 g/mol. The smallest absolute Gasteiger partial charge is 0.328 e. The molecule has 2 aromatic carbocycles. The number of rotatable bonds is 6. The highest BCUT2D eigenvalue weighted by Gasteiger charge is 2.28. The van der Waals surface area contributed by atoms with Gasteiger partial charge in [0.1, 0.15) is 0 Å². The van der Waals surface area contributed by atoms with E-state index in [1.54, 1.807) is 24.4 Å². The Morgan fingerprint density at radius 3 is 2.59 bits per heavy atom. The van der Waals surface area contributed by atoms with Crippen LogP contribution >= 0.6 is 11.6 Å². The molecule has 1 aliphatic rings. The number of hydrogen-bond donors (Lipinski definition) is 2. The van der Waals surface area contributed by atoms with E-state index in [4.69, 9.17) is 16.7 Å². The summed E-state index contributed by atoms with van der Waals surface area (Å²) in [5.74, 6) is -1.20. The third kappa shape index (κ3) is 4.24. The standard InChI is InChI=1S/C27H21ClFN3O2/c28-22-7-2-1-6-20(22)26(16-4-3-5-16)25(17-9-12-23-21(14-17)27(29)32-31-23)18-8-10-19(30-15-18)11-13-24(33)34/h1-2,6-16H,3-5H2,(H,31,32)(H,33,34)/b13-11+,26-25-. The highest BCUT2D eigenvalue weighted by molar-refractivity contribution is 6.32. The average Bonchev–Trinajstić information content (AvgIpc) is 3.17. The fourth-order valence-corrected chi connectivity index (χ4v) is 4.59. The topological polar surface area (TPSA) is 78.9 Å². The van der Waals surface area contributed by atoms with Crippen LogP contribution in [0.3, 0.4) is 0 Å². The number of pyridine rings is 1. The summed E-state index contributed by atoms with van der Waals surface area (Å²) in [4.78, 5) is 15.3. The monoisotopic (exact) mass is 473 g/mol. The van der Waals surface area contributed by atoms with Gasteiger partial charge in [0, 0.05) is 22.9 Å². The molecule has 2 heterocycles. The van der Waals surface area contributed by atoms with Crippen LogP contribution < -0.4 is 0 Å². The Kier molecular flexibility index (Phi) is 5.99. The summed E-state index contributed by atoms with van der Waals surface area (Å²) in [6, 6.07) is 17.0. The van der Waals surface area contributed by atoms with Crippen LogP contribution in [0.15, 0.2) is 66.9 Å².